The number of hydrogen-bond donors (Lipinski definition) is 1. The normalized spacial score (nSPS) is 25.4. The van der Waals surface area contributed by atoms with Crippen molar-refractivity contribution in [2.24, 2.45) is 5.92 Å². The summed E-state index contributed by atoms with van der Waals surface area (Å²) in [5.41, 5.74) is 0.304. The Morgan fingerprint density at radius 1 is 1.57 bits per heavy atom. The lowest BCUT2D eigenvalue weighted by Gasteiger charge is -2.22. The molecule has 2 atom stereocenters. The maximum Gasteiger partial charge on any atom is 0.395 e. The molecule has 0 aromatic rings. The summed E-state index contributed by atoms with van der Waals surface area (Å²) in [4.78, 5) is 0. The molecule has 0 radical (unpaired) electrons. The fourth-order valence-corrected chi connectivity index (χ4v) is 1.93. The minimum absolute atomic E-state index is 0.0691. The first-order chi connectivity index (χ1) is 6.32. The molecule has 0 heterocycles. The van der Waals surface area contributed by atoms with E-state index in [2.05, 4.69) is 15.9 Å². The second kappa shape index (κ2) is 4.06. The number of rotatable bonds is 1. The molecule has 1 aliphatic carbocycles. The average Bonchev–Trinajstić information content (AvgIpc) is 2.02. The van der Waals surface area contributed by atoms with Crippen LogP contribution in [0.5, 0.6) is 0 Å². The molecule has 80 valence electrons. The van der Waals surface area contributed by atoms with Crippen LogP contribution in [0.25, 0.3) is 0 Å². The lowest BCUT2D eigenvalue weighted by molar-refractivity contribution is -0.160. The van der Waals surface area contributed by atoms with Gasteiger partial charge in [0.25, 0.3) is 0 Å². The quantitative estimate of drug-likeness (QED) is 0.776. The third-order valence-corrected chi connectivity index (χ3v) is 2.86. The van der Waals surface area contributed by atoms with Crippen LogP contribution in [0, 0.1) is 5.92 Å². The molecule has 0 amide bonds. The van der Waals surface area contributed by atoms with E-state index in [1.165, 1.54) is 13.0 Å². The fourth-order valence-electron chi connectivity index (χ4n) is 1.28. The lowest BCUT2D eigenvalue weighted by Crippen LogP contribution is -2.24. The van der Waals surface area contributed by atoms with Crippen LogP contribution in [-0.2, 0) is 0 Å². The Morgan fingerprint density at radius 3 is 2.57 bits per heavy atom. The van der Waals surface area contributed by atoms with Crippen molar-refractivity contribution in [2.45, 2.75) is 25.6 Å². The van der Waals surface area contributed by atoms with Gasteiger partial charge in [-0.05, 0) is 18.9 Å². The van der Waals surface area contributed by atoms with Crippen molar-refractivity contribution in [2.75, 3.05) is 0 Å². The molecule has 0 fully saturated rings. The largest absolute Gasteiger partial charge is 0.395 e. The van der Waals surface area contributed by atoms with E-state index in [0.29, 0.717) is 10.1 Å². The van der Waals surface area contributed by atoms with Gasteiger partial charge in [0.2, 0.25) is 0 Å². The molecule has 0 saturated carbocycles. The second-order valence-electron chi connectivity index (χ2n) is 3.23. The summed E-state index contributed by atoms with van der Waals surface area (Å²) in [5.74, 6) is -1.48. The van der Waals surface area contributed by atoms with Gasteiger partial charge in [0.15, 0.2) is 0 Å². The third-order valence-electron chi connectivity index (χ3n) is 2.08. The molecule has 1 aliphatic rings. The fraction of sp³-hybridized carbons (Fsp3) is 0.556. The van der Waals surface area contributed by atoms with Crippen LogP contribution in [0.15, 0.2) is 22.2 Å². The first-order valence-electron chi connectivity index (χ1n) is 4.15. The Hall–Kier alpha value is -0.290. The highest BCUT2D eigenvalue weighted by molar-refractivity contribution is 9.12. The summed E-state index contributed by atoms with van der Waals surface area (Å²) < 4.78 is 37.6. The summed E-state index contributed by atoms with van der Waals surface area (Å²) in [6, 6.07) is 0. The highest BCUT2D eigenvalue weighted by Gasteiger charge is 2.39. The molecule has 0 aromatic carbocycles. The number of aliphatic hydroxyl groups is 1. The molecular weight excluding hydrogens is 261 g/mol. The van der Waals surface area contributed by atoms with Gasteiger partial charge in [0, 0.05) is 4.48 Å². The Balaban J connectivity index is 2.91. The molecule has 2 unspecified atom stereocenters. The maximum absolute atomic E-state index is 12.3. The van der Waals surface area contributed by atoms with Crippen molar-refractivity contribution in [1.29, 1.82) is 0 Å². The predicted molar refractivity (Wildman–Crippen MR) is 50.9 cm³/mol. The Morgan fingerprint density at radius 2 is 2.14 bits per heavy atom. The summed E-state index contributed by atoms with van der Waals surface area (Å²) in [5, 5.41) is 9.22. The first kappa shape index (κ1) is 11.8. The van der Waals surface area contributed by atoms with E-state index >= 15 is 0 Å². The van der Waals surface area contributed by atoms with E-state index in [1.54, 1.807) is 0 Å². The van der Waals surface area contributed by atoms with Gasteiger partial charge in [-0.3, -0.25) is 0 Å². The molecule has 0 spiro atoms. The summed E-state index contributed by atoms with van der Waals surface area (Å²) in [6.07, 6.45) is -2.66. The minimum atomic E-state index is -4.23. The molecule has 1 N–H and O–H groups in total. The number of allylic oxidation sites excluding steroid dienone is 2. The van der Waals surface area contributed by atoms with E-state index in [1.807, 2.05) is 0 Å². The van der Waals surface area contributed by atoms with Crippen molar-refractivity contribution in [3.8, 4) is 0 Å². The second-order valence-corrected chi connectivity index (χ2v) is 4.09. The molecule has 0 aliphatic heterocycles. The van der Waals surface area contributed by atoms with Crippen molar-refractivity contribution >= 4 is 15.9 Å². The molecule has 0 aromatic heterocycles. The Bertz CT molecular complexity index is 278. The lowest BCUT2D eigenvalue weighted by atomic mass is 9.93. The van der Waals surface area contributed by atoms with Gasteiger partial charge in [-0.1, -0.05) is 28.1 Å². The molecule has 5 heteroatoms. The Kier molecular flexibility index (Phi) is 3.42. The molecule has 1 rings (SSSR count). The predicted octanol–water partition coefficient (Wildman–Crippen LogP) is 3.15. The van der Waals surface area contributed by atoms with E-state index in [0.717, 1.165) is 6.08 Å². The molecule has 0 saturated heterocycles. The van der Waals surface area contributed by atoms with Crippen molar-refractivity contribution < 1.29 is 18.3 Å². The zero-order chi connectivity index (χ0) is 10.9. The van der Waals surface area contributed by atoms with Gasteiger partial charge < -0.3 is 5.11 Å². The summed E-state index contributed by atoms with van der Waals surface area (Å²) >= 11 is 3.11. The number of aliphatic hydroxyl groups excluding tert-OH is 1. The van der Waals surface area contributed by atoms with Crippen LogP contribution < -0.4 is 0 Å². The van der Waals surface area contributed by atoms with Gasteiger partial charge >= 0.3 is 6.18 Å². The highest BCUT2D eigenvalue weighted by atomic mass is 79.9. The number of alkyl halides is 3. The van der Waals surface area contributed by atoms with Crippen LogP contribution in [0.1, 0.15) is 13.3 Å². The topological polar surface area (TPSA) is 20.2 Å². The van der Waals surface area contributed by atoms with Crippen LogP contribution >= 0.6 is 15.9 Å². The van der Waals surface area contributed by atoms with Crippen molar-refractivity contribution in [3.63, 3.8) is 0 Å². The number of hydrogen-bond acceptors (Lipinski definition) is 1. The van der Waals surface area contributed by atoms with Crippen LogP contribution in [0.4, 0.5) is 13.2 Å². The first-order valence-corrected chi connectivity index (χ1v) is 4.94. The van der Waals surface area contributed by atoms with Gasteiger partial charge in [0.1, 0.15) is 0 Å². The maximum atomic E-state index is 12.3. The summed E-state index contributed by atoms with van der Waals surface area (Å²) in [6.45, 7) is 1.44. The third kappa shape index (κ3) is 2.60. The van der Waals surface area contributed by atoms with Crippen LogP contribution in [0.2, 0.25) is 0 Å². The smallest absolute Gasteiger partial charge is 0.389 e. The van der Waals surface area contributed by atoms with E-state index in [9.17, 15) is 18.3 Å². The average molecular weight is 271 g/mol. The van der Waals surface area contributed by atoms with Crippen molar-refractivity contribution in [3.05, 3.63) is 22.2 Å². The standard InChI is InChI=1S/C9H10BrF3O/c1-5(14)7-4-6(9(11,12)13)2-3-8(7)10/h3-6,14H,2H2,1H3. The van der Waals surface area contributed by atoms with E-state index in [-0.39, 0.29) is 6.42 Å². The molecule has 14 heavy (non-hydrogen) atoms. The van der Waals surface area contributed by atoms with Crippen molar-refractivity contribution in [1.82, 2.24) is 0 Å². The monoisotopic (exact) mass is 270 g/mol. The molecular formula is C9H10BrF3O. The zero-order valence-electron chi connectivity index (χ0n) is 7.48. The highest BCUT2D eigenvalue weighted by Crippen LogP contribution is 2.37. The number of halogens is 4. The van der Waals surface area contributed by atoms with Gasteiger partial charge in [-0.15, -0.1) is 0 Å². The van der Waals surface area contributed by atoms with E-state index in [4.69, 9.17) is 0 Å². The van der Waals surface area contributed by atoms with Gasteiger partial charge in [-0.2, -0.15) is 13.2 Å². The van der Waals surface area contributed by atoms with E-state index < -0.39 is 18.2 Å². The van der Waals surface area contributed by atoms with Crippen LogP contribution in [0.3, 0.4) is 0 Å². The molecule has 1 nitrogen and oxygen atoms in total. The SMILES string of the molecule is CC(O)C1=CC(C(F)(F)F)CC=C1Br. The minimum Gasteiger partial charge on any atom is -0.389 e. The Labute approximate surface area is 88.4 Å². The van der Waals surface area contributed by atoms with Crippen LogP contribution in [-0.4, -0.2) is 17.4 Å². The van der Waals surface area contributed by atoms with Gasteiger partial charge in [-0.25, -0.2) is 0 Å². The zero-order valence-corrected chi connectivity index (χ0v) is 9.06. The van der Waals surface area contributed by atoms with Gasteiger partial charge in [0.05, 0.1) is 12.0 Å². The molecule has 0 bridgehead atoms. The summed E-state index contributed by atoms with van der Waals surface area (Å²) in [7, 11) is 0.